The third kappa shape index (κ3) is 3.13. The van der Waals surface area contributed by atoms with Gasteiger partial charge in [-0.25, -0.2) is 0 Å². The van der Waals surface area contributed by atoms with Crippen LogP contribution in [-0.4, -0.2) is 22.2 Å². The molecule has 1 N–H and O–H groups in total. The Kier molecular flexibility index (Phi) is 3.60. The molecule has 1 aliphatic heterocycles. The van der Waals surface area contributed by atoms with Crippen molar-refractivity contribution in [3.63, 3.8) is 0 Å². The van der Waals surface area contributed by atoms with Crippen LogP contribution in [0.2, 0.25) is 5.02 Å². The monoisotopic (exact) mass is 242 g/mol. The molecule has 82 valence electrons. The molecular formula is C12H15ClOS. The molecule has 2 rings (SSSR count). The van der Waals surface area contributed by atoms with Crippen molar-refractivity contribution in [2.45, 2.75) is 24.9 Å². The number of benzene rings is 1. The fraction of sp³-hybridized carbons (Fsp3) is 0.500. The molecule has 15 heavy (non-hydrogen) atoms. The lowest BCUT2D eigenvalue weighted by Gasteiger charge is -2.31. The largest absolute Gasteiger partial charge is 0.389 e. The summed E-state index contributed by atoms with van der Waals surface area (Å²) in [6.45, 7) is 0. The molecule has 1 heterocycles. The summed E-state index contributed by atoms with van der Waals surface area (Å²) < 4.78 is 0. The predicted molar refractivity (Wildman–Crippen MR) is 66.7 cm³/mol. The van der Waals surface area contributed by atoms with E-state index in [9.17, 15) is 5.11 Å². The van der Waals surface area contributed by atoms with Gasteiger partial charge < -0.3 is 5.11 Å². The number of aliphatic hydroxyl groups is 1. The van der Waals surface area contributed by atoms with Crippen molar-refractivity contribution in [3.05, 3.63) is 34.9 Å². The van der Waals surface area contributed by atoms with E-state index in [1.807, 2.05) is 36.0 Å². The Labute approximate surface area is 99.8 Å². The smallest absolute Gasteiger partial charge is 0.0703 e. The minimum Gasteiger partial charge on any atom is -0.389 e. The maximum atomic E-state index is 10.3. The van der Waals surface area contributed by atoms with Crippen molar-refractivity contribution in [2.24, 2.45) is 0 Å². The lowest BCUT2D eigenvalue weighted by atomic mass is 9.89. The molecule has 0 unspecified atom stereocenters. The molecule has 1 saturated heterocycles. The lowest BCUT2D eigenvalue weighted by molar-refractivity contribution is 0.0324. The van der Waals surface area contributed by atoms with Crippen LogP contribution in [0.15, 0.2) is 24.3 Å². The van der Waals surface area contributed by atoms with Crippen molar-refractivity contribution >= 4 is 23.4 Å². The minimum absolute atomic E-state index is 0.487. The van der Waals surface area contributed by atoms with E-state index in [-0.39, 0.29) is 0 Å². The highest BCUT2D eigenvalue weighted by molar-refractivity contribution is 7.99. The molecule has 0 bridgehead atoms. The second kappa shape index (κ2) is 4.77. The molecule has 0 spiro atoms. The second-order valence-electron chi connectivity index (χ2n) is 4.14. The topological polar surface area (TPSA) is 20.2 Å². The number of halogens is 1. The van der Waals surface area contributed by atoms with E-state index in [4.69, 9.17) is 11.6 Å². The van der Waals surface area contributed by atoms with Gasteiger partial charge in [-0.3, -0.25) is 0 Å². The summed E-state index contributed by atoms with van der Waals surface area (Å²) in [4.78, 5) is 0. The van der Waals surface area contributed by atoms with Gasteiger partial charge in [0.05, 0.1) is 5.60 Å². The van der Waals surface area contributed by atoms with Gasteiger partial charge in [0, 0.05) is 11.4 Å². The van der Waals surface area contributed by atoms with Gasteiger partial charge in [0.15, 0.2) is 0 Å². The highest BCUT2D eigenvalue weighted by Gasteiger charge is 2.29. The first kappa shape index (κ1) is 11.3. The van der Waals surface area contributed by atoms with E-state index in [0.717, 1.165) is 35.8 Å². The zero-order valence-corrected chi connectivity index (χ0v) is 10.2. The SMILES string of the molecule is OC1(Cc2ccc(Cl)cc2)CCSCC1. The van der Waals surface area contributed by atoms with Crippen molar-refractivity contribution in [2.75, 3.05) is 11.5 Å². The highest BCUT2D eigenvalue weighted by Crippen LogP contribution is 2.30. The normalized spacial score (nSPS) is 20.1. The van der Waals surface area contributed by atoms with Crippen LogP contribution in [-0.2, 0) is 6.42 Å². The van der Waals surface area contributed by atoms with E-state index in [0.29, 0.717) is 0 Å². The van der Waals surface area contributed by atoms with Crippen LogP contribution in [0.5, 0.6) is 0 Å². The summed E-state index contributed by atoms with van der Waals surface area (Å²) in [5.41, 5.74) is 0.688. The summed E-state index contributed by atoms with van der Waals surface area (Å²) in [5, 5.41) is 11.1. The molecular weight excluding hydrogens is 228 g/mol. The van der Waals surface area contributed by atoms with Crippen molar-refractivity contribution in [1.29, 1.82) is 0 Å². The van der Waals surface area contributed by atoms with Crippen LogP contribution >= 0.6 is 23.4 Å². The molecule has 1 aromatic carbocycles. The fourth-order valence-corrected chi connectivity index (χ4v) is 3.29. The zero-order chi connectivity index (χ0) is 10.7. The maximum Gasteiger partial charge on any atom is 0.0703 e. The summed E-state index contributed by atoms with van der Waals surface area (Å²) in [5.74, 6) is 2.15. The standard InChI is InChI=1S/C12H15ClOS/c13-11-3-1-10(2-4-11)9-12(14)5-7-15-8-6-12/h1-4,14H,5-9H2. The van der Waals surface area contributed by atoms with E-state index in [2.05, 4.69) is 0 Å². The lowest BCUT2D eigenvalue weighted by Crippen LogP contribution is -2.35. The molecule has 3 heteroatoms. The fourth-order valence-electron chi connectivity index (χ4n) is 1.91. The molecule has 0 radical (unpaired) electrons. The third-order valence-corrected chi connectivity index (χ3v) is 4.11. The first-order valence-electron chi connectivity index (χ1n) is 5.23. The van der Waals surface area contributed by atoms with Crippen molar-refractivity contribution < 1.29 is 5.11 Å². The molecule has 0 atom stereocenters. The number of rotatable bonds is 2. The molecule has 1 nitrogen and oxygen atoms in total. The summed E-state index contributed by atoms with van der Waals surface area (Å²) in [6.07, 6.45) is 2.56. The predicted octanol–water partition coefficient (Wildman–Crippen LogP) is 3.14. The van der Waals surface area contributed by atoms with E-state index >= 15 is 0 Å². The van der Waals surface area contributed by atoms with Crippen LogP contribution < -0.4 is 0 Å². The van der Waals surface area contributed by atoms with Gasteiger partial charge in [0.1, 0.15) is 0 Å². The van der Waals surface area contributed by atoms with Gasteiger partial charge >= 0.3 is 0 Å². The Morgan fingerprint density at radius 2 is 1.80 bits per heavy atom. The Hall–Kier alpha value is -0.180. The Bertz CT molecular complexity index is 317. The molecule has 1 aliphatic rings. The van der Waals surface area contributed by atoms with Crippen LogP contribution in [0, 0.1) is 0 Å². The van der Waals surface area contributed by atoms with Gasteiger partial charge in [-0.2, -0.15) is 11.8 Å². The maximum absolute atomic E-state index is 10.3. The summed E-state index contributed by atoms with van der Waals surface area (Å²) >= 11 is 7.75. The van der Waals surface area contributed by atoms with Crippen molar-refractivity contribution in [1.82, 2.24) is 0 Å². The van der Waals surface area contributed by atoms with Gasteiger partial charge in [-0.1, -0.05) is 23.7 Å². The Morgan fingerprint density at radius 3 is 2.40 bits per heavy atom. The molecule has 1 aromatic rings. The van der Waals surface area contributed by atoms with Crippen LogP contribution in [0.25, 0.3) is 0 Å². The van der Waals surface area contributed by atoms with Crippen LogP contribution in [0.4, 0.5) is 0 Å². The van der Waals surface area contributed by atoms with Gasteiger partial charge in [0.2, 0.25) is 0 Å². The van der Waals surface area contributed by atoms with Crippen LogP contribution in [0.1, 0.15) is 18.4 Å². The first-order chi connectivity index (χ1) is 7.18. The summed E-state index contributed by atoms with van der Waals surface area (Å²) in [7, 11) is 0. The number of hydrogen-bond acceptors (Lipinski definition) is 2. The Balaban J connectivity index is 2.03. The number of thioether (sulfide) groups is 1. The van der Waals surface area contributed by atoms with Gasteiger partial charge in [-0.15, -0.1) is 0 Å². The van der Waals surface area contributed by atoms with E-state index in [1.165, 1.54) is 5.56 Å². The minimum atomic E-state index is -0.487. The molecule has 0 amide bonds. The molecule has 0 saturated carbocycles. The Morgan fingerprint density at radius 1 is 1.20 bits per heavy atom. The van der Waals surface area contributed by atoms with Crippen LogP contribution in [0.3, 0.4) is 0 Å². The molecule has 0 aromatic heterocycles. The molecule has 0 aliphatic carbocycles. The quantitative estimate of drug-likeness (QED) is 0.860. The average molecular weight is 243 g/mol. The van der Waals surface area contributed by atoms with Gasteiger partial charge in [0.25, 0.3) is 0 Å². The zero-order valence-electron chi connectivity index (χ0n) is 8.58. The van der Waals surface area contributed by atoms with E-state index < -0.39 is 5.60 Å². The highest BCUT2D eigenvalue weighted by atomic mass is 35.5. The molecule has 1 fully saturated rings. The first-order valence-corrected chi connectivity index (χ1v) is 6.76. The second-order valence-corrected chi connectivity index (χ2v) is 5.80. The average Bonchev–Trinajstić information content (AvgIpc) is 2.22. The van der Waals surface area contributed by atoms with Gasteiger partial charge in [-0.05, 0) is 42.0 Å². The number of hydrogen-bond donors (Lipinski definition) is 1. The van der Waals surface area contributed by atoms with E-state index in [1.54, 1.807) is 0 Å². The third-order valence-electron chi connectivity index (χ3n) is 2.87. The van der Waals surface area contributed by atoms with Crippen molar-refractivity contribution in [3.8, 4) is 0 Å². The summed E-state index contributed by atoms with van der Waals surface area (Å²) in [6, 6.07) is 7.78.